The summed E-state index contributed by atoms with van der Waals surface area (Å²) in [5.41, 5.74) is 7.92. The SMILES string of the molecule is CCc1nc2c(C)cc(C)nc2n1Cc1ccc(-c2cc(Oc3cncc(OC)c3)ccc2-c2nn[nH]n2)cc1. The number of fused-ring (bicyclic) bond motifs is 1. The quantitative estimate of drug-likeness (QED) is 0.265. The van der Waals surface area contributed by atoms with Crippen molar-refractivity contribution in [1.29, 1.82) is 0 Å². The molecule has 0 spiro atoms. The van der Waals surface area contributed by atoms with Crippen molar-refractivity contribution < 1.29 is 9.47 Å². The molecule has 6 aromatic rings. The van der Waals surface area contributed by atoms with Gasteiger partial charge in [0.1, 0.15) is 28.6 Å². The van der Waals surface area contributed by atoms with Gasteiger partial charge in [0.25, 0.3) is 0 Å². The van der Waals surface area contributed by atoms with Crippen molar-refractivity contribution in [2.75, 3.05) is 7.11 Å². The number of imidazole rings is 1. The second-order valence-corrected chi connectivity index (χ2v) is 9.52. The van der Waals surface area contributed by atoms with Crippen molar-refractivity contribution in [3.05, 3.63) is 89.6 Å². The Morgan fingerprint density at radius 2 is 1.70 bits per heavy atom. The van der Waals surface area contributed by atoms with Crippen molar-refractivity contribution in [2.45, 2.75) is 33.7 Å². The Bertz CT molecular complexity index is 1790. The van der Waals surface area contributed by atoms with Gasteiger partial charge in [-0.25, -0.2) is 9.97 Å². The molecule has 0 aliphatic heterocycles. The summed E-state index contributed by atoms with van der Waals surface area (Å²) in [6, 6.07) is 18.1. The minimum Gasteiger partial charge on any atom is -0.495 e. The summed E-state index contributed by atoms with van der Waals surface area (Å²) in [5, 5.41) is 14.7. The number of rotatable bonds is 8. The Labute approximate surface area is 231 Å². The van der Waals surface area contributed by atoms with Crippen molar-refractivity contribution in [3.63, 3.8) is 0 Å². The van der Waals surface area contributed by atoms with Crippen LogP contribution in [0.3, 0.4) is 0 Å². The number of aromatic amines is 1. The van der Waals surface area contributed by atoms with E-state index in [9.17, 15) is 0 Å². The molecule has 4 aromatic heterocycles. The minimum absolute atomic E-state index is 0.503. The first-order chi connectivity index (χ1) is 19.5. The fourth-order valence-corrected chi connectivity index (χ4v) is 4.86. The molecule has 40 heavy (non-hydrogen) atoms. The van der Waals surface area contributed by atoms with Gasteiger partial charge in [0.05, 0.1) is 26.0 Å². The lowest BCUT2D eigenvalue weighted by Gasteiger charge is -2.13. The molecule has 6 rings (SSSR count). The highest BCUT2D eigenvalue weighted by molar-refractivity contribution is 5.82. The molecule has 0 saturated heterocycles. The molecular formula is C30H28N8O2. The highest BCUT2D eigenvalue weighted by Crippen LogP contribution is 2.35. The zero-order valence-electron chi connectivity index (χ0n) is 22.7. The summed E-state index contributed by atoms with van der Waals surface area (Å²) in [4.78, 5) is 13.9. The van der Waals surface area contributed by atoms with E-state index in [4.69, 9.17) is 19.4 Å². The fraction of sp³-hybridized carbons (Fsp3) is 0.200. The van der Waals surface area contributed by atoms with Crippen molar-refractivity contribution in [3.8, 4) is 39.8 Å². The summed E-state index contributed by atoms with van der Waals surface area (Å²) >= 11 is 0. The van der Waals surface area contributed by atoms with Crippen LogP contribution in [0, 0.1) is 13.8 Å². The fourth-order valence-electron chi connectivity index (χ4n) is 4.86. The number of hydrogen-bond acceptors (Lipinski definition) is 8. The van der Waals surface area contributed by atoms with E-state index in [1.165, 1.54) is 0 Å². The average Bonchev–Trinajstić information content (AvgIpc) is 3.62. The second kappa shape index (κ2) is 10.6. The molecule has 10 nitrogen and oxygen atoms in total. The highest BCUT2D eigenvalue weighted by atomic mass is 16.5. The Balaban J connectivity index is 1.35. The molecule has 200 valence electrons. The number of tetrazole rings is 1. The van der Waals surface area contributed by atoms with E-state index >= 15 is 0 Å². The standard InChI is InChI=1S/C30H28N8O2/c1-5-27-33-28-18(2)12-19(3)32-30(28)38(27)17-20-6-8-21(9-7-20)26-14-22(10-11-25(26)29-34-36-37-35-29)40-24-13-23(39-4)15-31-16-24/h6-16H,5,17H2,1-4H3,(H,34,35,36,37). The van der Waals surface area contributed by atoms with Crippen LogP contribution in [-0.2, 0) is 13.0 Å². The summed E-state index contributed by atoms with van der Waals surface area (Å²) in [7, 11) is 1.60. The molecule has 0 amide bonds. The van der Waals surface area contributed by atoms with Crippen LogP contribution in [-0.4, -0.2) is 47.3 Å². The number of ether oxygens (including phenoxy) is 2. The number of methoxy groups -OCH3 is 1. The monoisotopic (exact) mass is 532 g/mol. The smallest absolute Gasteiger partial charge is 0.205 e. The molecule has 0 saturated carbocycles. The molecule has 2 aromatic carbocycles. The van der Waals surface area contributed by atoms with Crippen LogP contribution in [0.2, 0.25) is 0 Å². The summed E-state index contributed by atoms with van der Waals surface area (Å²) < 4.78 is 13.6. The molecule has 0 fully saturated rings. The maximum atomic E-state index is 6.11. The molecule has 0 bridgehead atoms. The number of aromatic nitrogens is 8. The van der Waals surface area contributed by atoms with Gasteiger partial charge in [-0.1, -0.05) is 31.2 Å². The van der Waals surface area contributed by atoms with E-state index in [2.05, 4.69) is 74.4 Å². The Kier molecular flexibility index (Phi) is 6.65. The number of nitrogens with zero attached hydrogens (tertiary/aromatic N) is 7. The van der Waals surface area contributed by atoms with Crippen LogP contribution >= 0.6 is 0 Å². The maximum absolute atomic E-state index is 6.11. The summed E-state index contributed by atoms with van der Waals surface area (Å²) in [5.74, 6) is 3.37. The lowest BCUT2D eigenvalue weighted by atomic mass is 9.97. The zero-order valence-corrected chi connectivity index (χ0v) is 22.7. The molecule has 0 aliphatic carbocycles. The molecule has 0 radical (unpaired) electrons. The van der Waals surface area contributed by atoms with Crippen LogP contribution in [0.25, 0.3) is 33.7 Å². The largest absolute Gasteiger partial charge is 0.495 e. The predicted octanol–water partition coefficient (Wildman–Crippen LogP) is 5.70. The van der Waals surface area contributed by atoms with Crippen molar-refractivity contribution >= 4 is 11.2 Å². The van der Waals surface area contributed by atoms with Gasteiger partial charge >= 0.3 is 0 Å². The van der Waals surface area contributed by atoms with Crippen LogP contribution in [0.4, 0.5) is 0 Å². The van der Waals surface area contributed by atoms with Gasteiger partial charge in [-0.15, -0.1) is 10.2 Å². The van der Waals surface area contributed by atoms with Crippen molar-refractivity contribution in [2.24, 2.45) is 0 Å². The lowest BCUT2D eigenvalue weighted by Crippen LogP contribution is -2.05. The van der Waals surface area contributed by atoms with Gasteiger partial charge in [0.15, 0.2) is 5.65 Å². The van der Waals surface area contributed by atoms with Crippen LogP contribution in [0.5, 0.6) is 17.2 Å². The molecule has 1 N–H and O–H groups in total. The number of aryl methyl sites for hydroxylation is 3. The second-order valence-electron chi connectivity index (χ2n) is 9.52. The number of H-pyrrole nitrogens is 1. The first-order valence-electron chi connectivity index (χ1n) is 13.0. The zero-order chi connectivity index (χ0) is 27.6. The topological polar surface area (TPSA) is 117 Å². The third-order valence-electron chi connectivity index (χ3n) is 6.76. The molecule has 0 unspecified atom stereocenters. The first-order valence-corrected chi connectivity index (χ1v) is 13.0. The predicted molar refractivity (Wildman–Crippen MR) is 151 cm³/mol. The van der Waals surface area contributed by atoms with E-state index in [-0.39, 0.29) is 0 Å². The normalized spacial score (nSPS) is 11.2. The van der Waals surface area contributed by atoms with E-state index in [0.717, 1.165) is 56.9 Å². The third kappa shape index (κ3) is 4.86. The van der Waals surface area contributed by atoms with Crippen LogP contribution in [0.1, 0.15) is 29.6 Å². The highest BCUT2D eigenvalue weighted by Gasteiger charge is 2.16. The molecule has 0 aliphatic rings. The molecule has 0 atom stereocenters. The van der Waals surface area contributed by atoms with E-state index < -0.39 is 0 Å². The van der Waals surface area contributed by atoms with Gasteiger partial charge in [-0.05, 0) is 65.6 Å². The van der Waals surface area contributed by atoms with Gasteiger partial charge in [-0.3, -0.25) is 4.98 Å². The van der Waals surface area contributed by atoms with Crippen LogP contribution in [0.15, 0.2) is 67.0 Å². The number of hydrogen-bond donors (Lipinski definition) is 1. The van der Waals surface area contributed by atoms with Gasteiger partial charge < -0.3 is 14.0 Å². The lowest BCUT2D eigenvalue weighted by molar-refractivity contribution is 0.406. The van der Waals surface area contributed by atoms with Gasteiger partial charge in [0.2, 0.25) is 5.82 Å². The molecule has 4 heterocycles. The van der Waals surface area contributed by atoms with Gasteiger partial charge in [0, 0.05) is 23.7 Å². The Hall–Kier alpha value is -5.12. The minimum atomic E-state index is 0.503. The number of benzene rings is 2. The van der Waals surface area contributed by atoms with E-state index in [1.54, 1.807) is 25.6 Å². The molecular weight excluding hydrogens is 504 g/mol. The average molecular weight is 533 g/mol. The van der Waals surface area contributed by atoms with E-state index in [0.29, 0.717) is 29.6 Å². The number of pyridine rings is 2. The maximum Gasteiger partial charge on any atom is 0.205 e. The van der Waals surface area contributed by atoms with Gasteiger partial charge in [-0.2, -0.15) is 5.21 Å². The van der Waals surface area contributed by atoms with Crippen molar-refractivity contribution in [1.82, 2.24) is 40.1 Å². The third-order valence-corrected chi connectivity index (χ3v) is 6.76. The van der Waals surface area contributed by atoms with E-state index in [1.807, 2.05) is 25.1 Å². The first kappa shape index (κ1) is 25.2. The summed E-state index contributed by atoms with van der Waals surface area (Å²) in [6.45, 7) is 6.92. The molecule has 10 heteroatoms. The Morgan fingerprint density at radius 3 is 2.45 bits per heavy atom. The Morgan fingerprint density at radius 1 is 0.875 bits per heavy atom. The number of nitrogens with one attached hydrogen (secondary N) is 1. The van der Waals surface area contributed by atoms with Crippen LogP contribution < -0.4 is 9.47 Å². The summed E-state index contributed by atoms with van der Waals surface area (Å²) in [6.07, 6.45) is 4.11.